The third-order valence-corrected chi connectivity index (χ3v) is 5.59. The number of pyridine rings is 1. The molecular formula is C22H21F2N5O2. The molecule has 0 bridgehead atoms. The van der Waals surface area contributed by atoms with E-state index in [9.17, 15) is 18.8 Å². The van der Waals surface area contributed by atoms with Crippen LogP contribution in [0.25, 0.3) is 10.9 Å². The lowest BCUT2D eigenvalue weighted by Crippen LogP contribution is -2.24. The number of ether oxygens (including phenoxy) is 1. The molecule has 1 fully saturated rings. The number of fused-ring (bicyclic) bond motifs is 1. The molecule has 1 aliphatic rings. The average molecular weight is 425 g/mol. The zero-order chi connectivity index (χ0) is 22.0. The summed E-state index contributed by atoms with van der Waals surface area (Å²) in [5.74, 6) is -2.27. The number of hydrogen-bond acceptors (Lipinski definition) is 4. The van der Waals surface area contributed by atoms with Crippen molar-refractivity contribution in [3.8, 4) is 11.9 Å². The van der Waals surface area contributed by atoms with Gasteiger partial charge in [0.2, 0.25) is 11.8 Å². The van der Waals surface area contributed by atoms with Crippen LogP contribution in [-0.4, -0.2) is 29.0 Å². The number of rotatable bonds is 4. The summed E-state index contributed by atoms with van der Waals surface area (Å²) in [5, 5.41) is 15.7. The number of nitrogens with zero attached hydrogens (tertiary/aromatic N) is 2. The number of methoxy groups -OCH3 is 1. The highest BCUT2D eigenvalue weighted by Crippen LogP contribution is 2.42. The number of H-pyrrole nitrogens is 1. The van der Waals surface area contributed by atoms with Gasteiger partial charge in [-0.05, 0) is 36.5 Å². The van der Waals surface area contributed by atoms with Gasteiger partial charge in [-0.25, -0.2) is 18.6 Å². The van der Waals surface area contributed by atoms with Crippen LogP contribution < -0.4 is 15.4 Å². The first-order valence-corrected chi connectivity index (χ1v) is 9.89. The molecule has 2 heterocycles. The summed E-state index contributed by atoms with van der Waals surface area (Å²) in [6, 6.07) is 8.35. The highest BCUT2D eigenvalue weighted by Gasteiger charge is 2.36. The number of aromatic amines is 1. The summed E-state index contributed by atoms with van der Waals surface area (Å²) in [7, 11) is 1.51. The van der Waals surface area contributed by atoms with Gasteiger partial charge in [-0.1, -0.05) is 6.07 Å². The van der Waals surface area contributed by atoms with Gasteiger partial charge in [0, 0.05) is 36.2 Å². The number of carbonyl (C=O) groups excluding carboxylic acids is 1. The maximum atomic E-state index is 13.4. The van der Waals surface area contributed by atoms with E-state index in [-0.39, 0.29) is 18.8 Å². The van der Waals surface area contributed by atoms with Crippen molar-refractivity contribution in [1.82, 2.24) is 9.97 Å². The van der Waals surface area contributed by atoms with E-state index in [0.29, 0.717) is 35.7 Å². The number of aromatic nitrogens is 2. The average Bonchev–Trinajstić information content (AvgIpc) is 3.15. The molecule has 0 unspecified atom stereocenters. The molecule has 0 radical (unpaired) electrons. The van der Waals surface area contributed by atoms with Crippen molar-refractivity contribution >= 4 is 28.3 Å². The summed E-state index contributed by atoms with van der Waals surface area (Å²) < 4.78 is 32.0. The van der Waals surface area contributed by atoms with E-state index < -0.39 is 12.0 Å². The highest BCUT2D eigenvalue weighted by atomic mass is 19.3. The first-order chi connectivity index (χ1) is 14.9. The lowest BCUT2D eigenvalue weighted by Gasteiger charge is -2.29. The van der Waals surface area contributed by atoms with Crippen LogP contribution >= 0.6 is 0 Å². The second-order valence-corrected chi connectivity index (χ2v) is 7.60. The third-order valence-electron chi connectivity index (χ3n) is 5.59. The van der Waals surface area contributed by atoms with Gasteiger partial charge >= 0.3 is 6.03 Å². The topological polar surface area (TPSA) is 103 Å². The molecule has 1 aliphatic carbocycles. The fraction of sp³-hybridized carbons (Fsp3) is 0.318. The molecule has 0 spiro atoms. The zero-order valence-electron chi connectivity index (χ0n) is 16.8. The number of anilines is 2. The van der Waals surface area contributed by atoms with Gasteiger partial charge in [-0.2, -0.15) is 5.26 Å². The Morgan fingerprint density at radius 1 is 1.29 bits per heavy atom. The van der Waals surface area contributed by atoms with E-state index in [0.717, 1.165) is 16.5 Å². The molecule has 3 aromatic rings. The van der Waals surface area contributed by atoms with Crippen molar-refractivity contribution in [1.29, 1.82) is 5.26 Å². The van der Waals surface area contributed by atoms with Crippen LogP contribution in [0.2, 0.25) is 0 Å². The minimum absolute atomic E-state index is 0.0769. The molecule has 0 aliphatic heterocycles. The molecule has 1 aromatic carbocycles. The second kappa shape index (κ2) is 8.22. The zero-order valence-corrected chi connectivity index (χ0v) is 16.8. The number of nitrogens with one attached hydrogen (secondary N) is 3. The van der Waals surface area contributed by atoms with E-state index in [2.05, 4.69) is 26.7 Å². The molecule has 1 saturated carbocycles. The Kier molecular flexibility index (Phi) is 5.46. The first-order valence-electron chi connectivity index (χ1n) is 9.89. The van der Waals surface area contributed by atoms with Crippen LogP contribution in [0.3, 0.4) is 0 Å². The Balaban J connectivity index is 1.47. The first kappa shape index (κ1) is 20.6. The molecule has 7 nitrogen and oxygen atoms in total. The van der Waals surface area contributed by atoms with Crippen LogP contribution in [0, 0.1) is 11.3 Å². The Morgan fingerprint density at radius 3 is 2.77 bits per heavy atom. The minimum Gasteiger partial charge on any atom is -0.481 e. The van der Waals surface area contributed by atoms with Gasteiger partial charge < -0.3 is 20.4 Å². The normalized spacial score (nSPS) is 15.9. The summed E-state index contributed by atoms with van der Waals surface area (Å²) in [6.07, 6.45) is 3.59. The number of nitriles is 1. The van der Waals surface area contributed by atoms with Crippen molar-refractivity contribution < 1.29 is 18.3 Å². The third kappa shape index (κ3) is 4.43. The van der Waals surface area contributed by atoms with Crippen LogP contribution in [0.5, 0.6) is 5.88 Å². The fourth-order valence-corrected chi connectivity index (χ4v) is 3.94. The Morgan fingerprint density at radius 2 is 2.06 bits per heavy atom. The van der Waals surface area contributed by atoms with Gasteiger partial charge in [0.15, 0.2) is 0 Å². The number of carbonyl (C=O) groups is 1. The van der Waals surface area contributed by atoms with Crippen LogP contribution in [0.4, 0.5) is 25.0 Å². The molecular weight excluding hydrogens is 404 g/mol. The van der Waals surface area contributed by atoms with E-state index >= 15 is 0 Å². The maximum Gasteiger partial charge on any atom is 0.323 e. The fourth-order valence-electron chi connectivity index (χ4n) is 3.94. The van der Waals surface area contributed by atoms with Crippen LogP contribution in [0.1, 0.15) is 42.7 Å². The van der Waals surface area contributed by atoms with Gasteiger partial charge in [-0.15, -0.1) is 0 Å². The van der Waals surface area contributed by atoms with Crippen molar-refractivity contribution in [3.05, 3.63) is 47.8 Å². The van der Waals surface area contributed by atoms with Gasteiger partial charge in [0.1, 0.15) is 0 Å². The van der Waals surface area contributed by atoms with Crippen molar-refractivity contribution in [2.24, 2.45) is 0 Å². The number of urea groups is 1. The minimum atomic E-state index is -2.62. The molecule has 3 N–H and O–H groups in total. The van der Waals surface area contributed by atoms with Crippen molar-refractivity contribution in [2.75, 3.05) is 17.7 Å². The van der Waals surface area contributed by atoms with Gasteiger partial charge in [-0.3, -0.25) is 0 Å². The molecule has 9 heteroatoms. The summed E-state index contributed by atoms with van der Waals surface area (Å²) in [5.41, 5.74) is 2.87. The lowest BCUT2D eigenvalue weighted by atomic mass is 9.80. The van der Waals surface area contributed by atoms with E-state index in [4.69, 9.17) is 4.74 Å². The Hall–Kier alpha value is -3.67. The van der Waals surface area contributed by atoms with Crippen molar-refractivity contribution in [3.63, 3.8) is 0 Å². The van der Waals surface area contributed by atoms with E-state index in [1.54, 1.807) is 36.7 Å². The Bertz CT molecular complexity index is 1160. The smallest absolute Gasteiger partial charge is 0.323 e. The lowest BCUT2D eigenvalue weighted by molar-refractivity contribution is -0.0382. The molecule has 4 rings (SSSR count). The molecule has 2 aromatic heterocycles. The predicted molar refractivity (Wildman–Crippen MR) is 113 cm³/mol. The summed E-state index contributed by atoms with van der Waals surface area (Å²) >= 11 is 0. The summed E-state index contributed by atoms with van der Waals surface area (Å²) in [6.45, 7) is 0. The van der Waals surface area contributed by atoms with E-state index in [1.807, 2.05) is 0 Å². The maximum absolute atomic E-state index is 13.4. The second-order valence-electron chi connectivity index (χ2n) is 7.60. The highest BCUT2D eigenvalue weighted by molar-refractivity contribution is 6.06. The number of halogens is 2. The quantitative estimate of drug-likeness (QED) is 0.522. The van der Waals surface area contributed by atoms with Gasteiger partial charge in [0.05, 0.1) is 36.1 Å². The number of benzene rings is 1. The predicted octanol–water partition coefficient (Wildman–Crippen LogP) is 5.38. The molecule has 0 saturated heterocycles. The van der Waals surface area contributed by atoms with Crippen LogP contribution in [-0.2, 0) is 0 Å². The number of amides is 2. The number of alkyl halides is 2. The van der Waals surface area contributed by atoms with E-state index in [1.165, 1.54) is 7.11 Å². The molecule has 31 heavy (non-hydrogen) atoms. The monoisotopic (exact) mass is 425 g/mol. The standard InChI is InChI=1S/C22H21F2N5O2/c1-31-20-9-17-18(11-27-20)26-12-19(17)29-21(30)28-15-2-3-16(14(8-15)10-25)13-4-6-22(23,24)7-5-13/h2-3,8-9,11-13,26H,4-7H2,1H3,(H2,28,29,30). The Labute approximate surface area is 177 Å². The largest absolute Gasteiger partial charge is 0.481 e. The molecule has 2 amide bonds. The molecule has 160 valence electrons. The summed E-state index contributed by atoms with van der Waals surface area (Å²) in [4.78, 5) is 19.6. The number of hydrogen-bond donors (Lipinski definition) is 3. The van der Waals surface area contributed by atoms with Crippen molar-refractivity contribution in [2.45, 2.75) is 37.5 Å². The van der Waals surface area contributed by atoms with Gasteiger partial charge in [0.25, 0.3) is 0 Å². The molecule has 0 atom stereocenters. The SMILES string of the molecule is COc1cc2c(NC(=O)Nc3ccc(C4CCC(F)(F)CC4)c(C#N)c3)c[nH]c2cn1. The van der Waals surface area contributed by atoms with Crippen LogP contribution in [0.15, 0.2) is 36.7 Å².